The third-order valence-corrected chi connectivity index (χ3v) is 2.81. The van der Waals surface area contributed by atoms with Gasteiger partial charge in [0.2, 0.25) is 0 Å². The summed E-state index contributed by atoms with van der Waals surface area (Å²) in [5.41, 5.74) is 0. The smallest absolute Gasteiger partial charge is 0.161 e. The molecule has 0 aromatic rings. The van der Waals surface area contributed by atoms with Crippen molar-refractivity contribution in [2.24, 2.45) is 11.8 Å². The van der Waals surface area contributed by atoms with Gasteiger partial charge in [-0.2, -0.15) is 0 Å². The summed E-state index contributed by atoms with van der Waals surface area (Å²) >= 11 is 0. The van der Waals surface area contributed by atoms with E-state index in [1.54, 1.807) is 0 Å². The highest BCUT2D eigenvalue weighted by Crippen LogP contribution is 2.31. The summed E-state index contributed by atoms with van der Waals surface area (Å²) in [5, 5.41) is 0. The van der Waals surface area contributed by atoms with Crippen LogP contribution in [0.2, 0.25) is 0 Å². The van der Waals surface area contributed by atoms with Gasteiger partial charge in [-0.25, -0.2) is 0 Å². The summed E-state index contributed by atoms with van der Waals surface area (Å²) in [6.45, 7) is 3.83. The predicted octanol–water partition coefficient (Wildman–Crippen LogP) is 1.96. The van der Waals surface area contributed by atoms with Crippen LogP contribution in [0.1, 0.15) is 19.8 Å². The molecule has 0 spiro atoms. The molecule has 2 atom stereocenters. The predicted molar refractivity (Wildman–Crippen MR) is 46.7 cm³/mol. The lowest BCUT2D eigenvalue weighted by molar-refractivity contribution is -0.0975. The van der Waals surface area contributed by atoms with Crippen LogP contribution in [0.4, 0.5) is 0 Å². The van der Waals surface area contributed by atoms with Gasteiger partial charge in [0.15, 0.2) is 6.29 Å². The Bertz CT molecular complexity index is 171. The van der Waals surface area contributed by atoms with E-state index in [-0.39, 0.29) is 6.29 Å². The zero-order chi connectivity index (χ0) is 8.39. The Hall–Kier alpha value is -0.340. The molecule has 0 bridgehead atoms. The first-order chi connectivity index (χ1) is 5.88. The van der Waals surface area contributed by atoms with Crippen molar-refractivity contribution in [3.63, 3.8) is 0 Å². The molecule has 68 valence electrons. The maximum Gasteiger partial charge on any atom is 0.161 e. The molecule has 12 heavy (non-hydrogen) atoms. The van der Waals surface area contributed by atoms with Crippen molar-refractivity contribution < 1.29 is 9.47 Å². The summed E-state index contributed by atoms with van der Waals surface area (Å²) in [6, 6.07) is 0. The van der Waals surface area contributed by atoms with Crippen LogP contribution >= 0.6 is 0 Å². The molecule has 0 saturated carbocycles. The molecule has 2 heteroatoms. The molecule has 1 fully saturated rings. The fourth-order valence-corrected chi connectivity index (χ4v) is 1.97. The first-order valence-electron chi connectivity index (χ1n) is 4.76. The van der Waals surface area contributed by atoms with Crippen LogP contribution in [-0.2, 0) is 9.47 Å². The zero-order valence-corrected chi connectivity index (χ0v) is 7.53. The number of allylic oxidation sites excluding steroid dienone is 2. The highest BCUT2D eigenvalue weighted by molar-refractivity contribution is 4.94. The molecule has 1 aliphatic heterocycles. The number of rotatable bonds is 1. The Balaban J connectivity index is 1.96. The molecule has 1 aliphatic carbocycles. The van der Waals surface area contributed by atoms with Crippen LogP contribution in [0, 0.1) is 11.8 Å². The van der Waals surface area contributed by atoms with Crippen molar-refractivity contribution in [3.05, 3.63) is 12.2 Å². The van der Waals surface area contributed by atoms with E-state index in [2.05, 4.69) is 19.1 Å². The van der Waals surface area contributed by atoms with Crippen LogP contribution in [0.3, 0.4) is 0 Å². The van der Waals surface area contributed by atoms with Gasteiger partial charge in [-0.3, -0.25) is 0 Å². The largest absolute Gasteiger partial charge is 0.350 e. The molecule has 2 rings (SSSR count). The molecule has 2 nitrogen and oxygen atoms in total. The summed E-state index contributed by atoms with van der Waals surface area (Å²) in [5.74, 6) is 1.29. The van der Waals surface area contributed by atoms with Gasteiger partial charge < -0.3 is 9.47 Å². The summed E-state index contributed by atoms with van der Waals surface area (Å²) in [4.78, 5) is 0. The van der Waals surface area contributed by atoms with Crippen LogP contribution < -0.4 is 0 Å². The number of ether oxygens (including phenoxy) is 2. The van der Waals surface area contributed by atoms with Crippen LogP contribution in [0.5, 0.6) is 0 Å². The Morgan fingerprint density at radius 1 is 1.08 bits per heavy atom. The molecule has 2 aliphatic rings. The van der Waals surface area contributed by atoms with Gasteiger partial charge in [-0.05, 0) is 18.8 Å². The van der Waals surface area contributed by atoms with E-state index in [9.17, 15) is 0 Å². The molecule has 0 radical (unpaired) electrons. The summed E-state index contributed by atoms with van der Waals surface area (Å²) in [6.07, 6.45) is 6.87. The second kappa shape index (κ2) is 3.58. The molecule has 0 N–H and O–H groups in total. The third kappa shape index (κ3) is 1.54. The van der Waals surface area contributed by atoms with E-state index in [4.69, 9.17) is 9.47 Å². The van der Waals surface area contributed by atoms with Crippen molar-refractivity contribution in [3.8, 4) is 0 Å². The van der Waals surface area contributed by atoms with Gasteiger partial charge in [-0.1, -0.05) is 19.1 Å². The minimum absolute atomic E-state index is 0.0740. The Labute approximate surface area is 73.5 Å². The molecule has 0 aromatic heterocycles. The highest BCUT2D eigenvalue weighted by Gasteiger charge is 2.31. The Kier molecular flexibility index (Phi) is 2.47. The second-order valence-corrected chi connectivity index (χ2v) is 3.69. The van der Waals surface area contributed by atoms with E-state index < -0.39 is 0 Å². The molecule has 0 amide bonds. The zero-order valence-electron chi connectivity index (χ0n) is 7.53. The van der Waals surface area contributed by atoms with Gasteiger partial charge in [0, 0.05) is 5.92 Å². The van der Waals surface area contributed by atoms with Gasteiger partial charge in [0.05, 0.1) is 13.2 Å². The third-order valence-electron chi connectivity index (χ3n) is 2.81. The van der Waals surface area contributed by atoms with Crippen molar-refractivity contribution in [2.45, 2.75) is 26.1 Å². The summed E-state index contributed by atoms with van der Waals surface area (Å²) < 4.78 is 11.0. The van der Waals surface area contributed by atoms with E-state index in [1.165, 1.54) is 6.42 Å². The second-order valence-electron chi connectivity index (χ2n) is 3.69. The maximum atomic E-state index is 5.51. The average molecular weight is 168 g/mol. The standard InChI is InChI=1S/C10H16O2/c1-8-4-2-3-5-9(8)10-11-6-7-12-10/h2-3,8-10H,4-7H2,1H3/t8-,9+/m0/s1. The minimum Gasteiger partial charge on any atom is -0.350 e. The van der Waals surface area contributed by atoms with Crippen LogP contribution in [0.25, 0.3) is 0 Å². The van der Waals surface area contributed by atoms with Gasteiger partial charge in [0.1, 0.15) is 0 Å². The monoisotopic (exact) mass is 168 g/mol. The fourth-order valence-electron chi connectivity index (χ4n) is 1.97. The number of hydrogen-bond donors (Lipinski definition) is 0. The lowest BCUT2D eigenvalue weighted by atomic mass is 9.84. The van der Waals surface area contributed by atoms with Crippen molar-refractivity contribution in [1.82, 2.24) is 0 Å². The first-order valence-corrected chi connectivity index (χ1v) is 4.76. The normalized spacial score (nSPS) is 37.4. The van der Waals surface area contributed by atoms with E-state index in [0.717, 1.165) is 19.6 Å². The molecule has 0 unspecified atom stereocenters. The van der Waals surface area contributed by atoms with Gasteiger partial charge in [-0.15, -0.1) is 0 Å². The maximum absolute atomic E-state index is 5.51. The van der Waals surface area contributed by atoms with Gasteiger partial charge in [0.25, 0.3) is 0 Å². The Morgan fingerprint density at radius 2 is 1.75 bits per heavy atom. The Morgan fingerprint density at radius 3 is 2.42 bits per heavy atom. The lowest BCUT2D eigenvalue weighted by Gasteiger charge is -2.28. The van der Waals surface area contributed by atoms with E-state index >= 15 is 0 Å². The van der Waals surface area contributed by atoms with Crippen LogP contribution in [0.15, 0.2) is 12.2 Å². The van der Waals surface area contributed by atoms with Crippen LogP contribution in [-0.4, -0.2) is 19.5 Å². The van der Waals surface area contributed by atoms with Gasteiger partial charge >= 0.3 is 0 Å². The average Bonchev–Trinajstić information content (AvgIpc) is 2.57. The topological polar surface area (TPSA) is 18.5 Å². The summed E-state index contributed by atoms with van der Waals surface area (Å²) in [7, 11) is 0. The van der Waals surface area contributed by atoms with Crippen molar-refractivity contribution in [1.29, 1.82) is 0 Å². The first kappa shape index (κ1) is 8.27. The molecular formula is C10H16O2. The van der Waals surface area contributed by atoms with E-state index in [0.29, 0.717) is 11.8 Å². The molecular weight excluding hydrogens is 152 g/mol. The minimum atomic E-state index is 0.0740. The molecule has 1 heterocycles. The van der Waals surface area contributed by atoms with Crippen molar-refractivity contribution in [2.75, 3.05) is 13.2 Å². The van der Waals surface area contributed by atoms with Crippen molar-refractivity contribution >= 4 is 0 Å². The molecule has 1 saturated heterocycles. The van der Waals surface area contributed by atoms with E-state index in [1.807, 2.05) is 0 Å². The highest BCUT2D eigenvalue weighted by atomic mass is 16.7. The fraction of sp³-hybridized carbons (Fsp3) is 0.800. The molecule has 0 aromatic carbocycles. The SMILES string of the molecule is C[C@H]1CC=CC[C@H]1C1OCCO1. The lowest BCUT2D eigenvalue weighted by Crippen LogP contribution is -2.28. The quantitative estimate of drug-likeness (QED) is 0.557. The number of hydrogen-bond acceptors (Lipinski definition) is 2.